The van der Waals surface area contributed by atoms with Crippen molar-refractivity contribution in [3.05, 3.63) is 87.6 Å². The van der Waals surface area contributed by atoms with Gasteiger partial charge in [0.1, 0.15) is 0 Å². The molecule has 9 heteroatoms. The van der Waals surface area contributed by atoms with Crippen molar-refractivity contribution in [3.63, 3.8) is 0 Å². The van der Waals surface area contributed by atoms with Crippen molar-refractivity contribution >= 4 is 22.6 Å². The van der Waals surface area contributed by atoms with Gasteiger partial charge in [0.2, 0.25) is 0 Å². The van der Waals surface area contributed by atoms with Crippen LogP contribution in [0.15, 0.2) is 59.5 Å². The second kappa shape index (κ2) is 9.07. The molecule has 2 amide bonds. The van der Waals surface area contributed by atoms with Gasteiger partial charge in [0, 0.05) is 11.9 Å². The molecule has 2 aromatic carbocycles. The molecule has 0 saturated carbocycles. The van der Waals surface area contributed by atoms with E-state index < -0.39 is 11.8 Å². The Hall–Kier alpha value is -4.27. The van der Waals surface area contributed by atoms with E-state index in [1.807, 2.05) is 38.1 Å². The lowest BCUT2D eigenvalue weighted by Crippen LogP contribution is -2.43. The average Bonchev–Trinajstić information content (AvgIpc) is 3.27. The number of benzene rings is 2. The minimum Gasteiger partial charge on any atom is -0.267 e. The summed E-state index contributed by atoms with van der Waals surface area (Å²) in [6.07, 6.45) is 2.04. The highest BCUT2D eigenvalue weighted by Crippen LogP contribution is 2.17. The monoisotopic (exact) mass is 444 g/mol. The largest absolute Gasteiger partial charge is 0.290 e. The zero-order chi connectivity index (χ0) is 23.5. The first-order valence-corrected chi connectivity index (χ1v) is 10.7. The summed E-state index contributed by atoms with van der Waals surface area (Å²) in [5.74, 6) is -1.11. The smallest absolute Gasteiger partial charge is 0.267 e. The normalized spacial score (nSPS) is 10.9. The molecule has 4 rings (SSSR count). The van der Waals surface area contributed by atoms with Gasteiger partial charge in [-0.15, -0.1) is 0 Å². The molecule has 9 nitrogen and oxygen atoms in total. The van der Waals surface area contributed by atoms with Crippen LogP contribution >= 0.6 is 0 Å². The van der Waals surface area contributed by atoms with Gasteiger partial charge in [-0.25, -0.2) is 9.36 Å². The van der Waals surface area contributed by atoms with Gasteiger partial charge in [-0.05, 0) is 38.5 Å². The van der Waals surface area contributed by atoms with Gasteiger partial charge in [0.25, 0.3) is 17.4 Å². The first kappa shape index (κ1) is 21.9. The standard InChI is InChI=1S/C24H24N6O3/c1-4-20-19(14-25-30(20)16-12-10-15(3)11-13-16)22(31)26-27-23(32)21-17-8-6-7-9-18(17)24(33)29(5-2)28-21/h6-14H,4-5H2,1-3H3,(H,26,31)(H,27,32). The number of fused-ring (bicyclic) bond motifs is 1. The van der Waals surface area contributed by atoms with Crippen LogP contribution in [0, 0.1) is 6.92 Å². The second-order valence-electron chi connectivity index (χ2n) is 7.53. The maximum absolute atomic E-state index is 12.9. The molecule has 0 aliphatic heterocycles. The zero-order valence-corrected chi connectivity index (χ0v) is 18.6. The number of nitrogens with zero attached hydrogens (tertiary/aromatic N) is 4. The number of carbonyl (C=O) groups excluding carboxylic acids is 2. The lowest BCUT2D eigenvalue weighted by molar-refractivity contribution is 0.0843. The topological polar surface area (TPSA) is 111 Å². The Bertz CT molecular complexity index is 1400. The Morgan fingerprint density at radius 2 is 1.61 bits per heavy atom. The van der Waals surface area contributed by atoms with Crippen molar-refractivity contribution in [1.29, 1.82) is 0 Å². The number of hydrogen-bond acceptors (Lipinski definition) is 5. The molecule has 2 N–H and O–H groups in total. The van der Waals surface area contributed by atoms with E-state index in [0.717, 1.165) is 11.3 Å². The third kappa shape index (κ3) is 4.12. The van der Waals surface area contributed by atoms with Crippen LogP contribution in [0.4, 0.5) is 0 Å². The van der Waals surface area contributed by atoms with E-state index in [0.29, 0.717) is 35.0 Å². The fourth-order valence-corrected chi connectivity index (χ4v) is 3.67. The van der Waals surface area contributed by atoms with Crippen LogP contribution in [0.5, 0.6) is 0 Å². The lowest BCUT2D eigenvalue weighted by Gasteiger charge is -2.11. The Morgan fingerprint density at radius 1 is 0.939 bits per heavy atom. The quantitative estimate of drug-likeness (QED) is 0.460. The minimum atomic E-state index is -0.620. The summed E-state index contributed by atoms with van der Waals surface area (Å²) in [5, 5.41) is 9.34. The molecule has 0 fully saturated rings. The van der Waals surface area contributed by atoms with Gasteiger partial charge in [0.05, 0.1) is 28.5 Å². The van der Waals surface area contributed by atoms with Crippen molar-refractivity contribution in [3.8, 4) is 5.69 Å². The number of carbonyl (C=O) groups is 2. The molecule has 2 aromatic heterocycles. The Morgan fingerprint density at radius 3 is 2.27 bits per heavy atom. The zero-order valence-electron chi connectivity index (χ0n) is 18.6. The van der Waals surface area contributed by atoms with Gasteiger partial charge < -0.3 is 0 Å². The molecule has 0 bridgehead atoms. The number of aryl methyl sites for hydroxylation is 2. The highest BCUT2D eigenvalue weighted by atomic mass is 16.2. The van der Waals surface area contributed by atoms with Gasteiger partial charge in [-0.3, -0.25) is 25.2 Å². The van der Waals surface area contributed by atoms with E-state index in [1.165, 1.54) is 10.9 Å². The van der Waals surface area contributed by atoms with Gasteiger partial charge in [-0.1, -0.05) is 42.8 Å². The minimum absolute atomic E-state index is 0.0541. The first-order valence-electron chi connectivity index (χ1n) is 10.7. The molecule has 0 aliphatic rings. The number of hydrazine groups is 1. The highest BCUT2D eigenvalue weighted by molar-refractivity contribution is 6.06. The maximum Gasteiger partial charge on any atom is 0.290 e. The van der Waals surface area contributed by atoms with Crippen LogP contribution in [0.25, 0.3) is 16.5 Å². The van der Waals surface area contributed by atoms with Crippen LogP contribution in [-0.2, 0) is 13.0 Å². The van der Waals surface area contributed by atoms with Gasteiger partial charge in [0.15, 0.2) is 5.69 Å². The molecule has 0 atom stereocenters. The molecule has 0 unspecified atom stereocenters. The van der Waals surface area contributed by atoms with E-state index in [1.54, 1.807) is 35.9 Å². The Labute approximate surface area is 190 Å². The van der Waals surface area contributed by atoms with Crippen molar-refractivity contribution in [2.75, 3.05) is 0 Å². The van der Waals surface area contributed by atoms with E-state index in [2.05, 4.69) is 21.0 Å². The predicted molar refractivity (Wildman–Crippen MR) is 124 cm³/mol. The predicted octanol–water partition coefficient (Wildman–Crippen LogP) is 2.55. The molecular formula is C24H24N6O3. The second-order valence-corrected chi connectivity index (χ2v) is 7.53. The summed E-state index contributed by atoms with van der Waals surface area (Å²) >= 11 is 0. The van der Waals surface area contributed by atoms with E-state index in [4.69, 9.17) is 0 Å². The number of aromatic nitrogens is 4. The molecular weight excluding hydrogens is 420 g/mol. The summed E-state index contributed by atoms with van der Waals surface area (Å²) in [7, 11) is 0. The van der Waals surface area contributed by atoms with Gasteiger partial charge >= 0.3 is 0 Å². The first-order chi connectivity index (χ1) is 15.9. The van der Waals surface area contributed by atoms with Crippen LogP contribution in [0.1, 0.15) is 46.0 Å². The van der Waals surface area contributed by atoms with E-state index in [-0.39, 0.29) is 11.3 Å². The summed E-state index contributed by atoms with van der Waals surface area (Å²) < 4.78 is 2.93. The highest BCUT2D eigenvalue weighted by Gasteiger charge is 2.20. The lowest BCUT2D eigenvalue weighted by atomic mass is 10.1. The molecule has 0 aliphatic carbocycles. The molecule has 33 heavy (non-hydrogen) atoms. The van der Waals surface area contributed by atoms with Crippen LogP contribution in [-0.4, -0.2) is 31.4 Å². The summed E-state index contributed by atoms with van der Waals surface area (Å²) in [6.45, 7) is 6.01. The summed E-state index contributed by atoms with van der Waals surface area (Å²) in [5.41, 5.74) is 7.68. The fourth-order valence-electron chi connectivity index (χ4n) is 3.67. The average molecular weight is 444 g/mol. The fraction of sp³-hybridized carbons (Fsp3) is 0.208. The van der Waals surface area contributed by atoms with Crippen LogP contribution in [0.3, 0.4) is 0 Å². The molecule has 168 valence electrons. The van der Waals surface area contributed by atoms with E-state index in [9.17, 15) is 14.4 Å². The number of rotatable bonds is 5. The summed E-state index contributed by atoms with van der Waals surface area (Å²) in [6, 6.07) is 14.6. The van der Waals surface area contributed by atoms with Gasteiger partial charge in [-0.2, -0.15) is 10.2 Å². The molecule has 2 heterocycles. The third-order valence-corrected chi connectivity index (χ3v) is 5.40. The van der Waals surface area contributed by atoms with Crippen LogP contribution < -0.4 is 16.4 Å². The Kier molecular flexibility index (Phi) is 6.03. The van der Waals surface area contributed by atoms with Crippen molar-refractivity contribution in [1.82, 2.24) is 30.4 Å². The summed E-state index contributed by atoms with van der Waals surface area (Å²) in [4.78, 5) is 38.2. The molecule has 0 spiro atoms. The number of nitrogens with one attached hydrogen (secondary N) is 2. The molecule has 0 saturated heterocycles. The van der Waals surface area contributed by atoms with Crippen molar-refractivity contribution < 1.29 is 9.59 Å². The molecule has 4 aromatic rings. The molecule has 0 radical (unpaired) electrons. The van der Waals surface area contributed by atoms with Crippen molar-refractivity contribution in [2.45, 2.75) is 33.7 Å². The van der Waals surface area contributed by atoms with E-state index >= 15 is 0 Å². The SMILES string of the molecule is CCc1c(C(=O)NNC(=O)c2nn(CC)c(=O)c3ccccc23)cnn1-c1ccc(C)cc1. The maximum atomic E-state index is 12.9. The number of hydrogen-bond donors (Lipinski definition) is 2. The number of amides is 2. The van der Waals surface area contributed by atoms with Crippen molar-refractivity contribution in [2.24, 2.45) is 0 Å². The van der Waals surface area contributed by atoms with Crippen LogP contribution in [0.2, 0.25) is 0 Å². The Balaban J connectivity index is 1.58. The third-order valence-electron chi connectivity index (χ3n) is 5.40.